The van der Waals surface area contributed by atoms with Gasteiger partial charge in [0.25, 0.3) is 0 Å². The second kappa shape index (κ2) is 7.09. The highest BCUT2D eigenvalue weighted by molar-refractivity contribution is 5.19. The van der Waals surface area contributed by atoms with E-state index in [1.54, 1.807) is 0 Å². The van der Waals surface area contributed by atoms with Gasteiger partial charge in [0, 0.05) is 12.8 Å². The fraction of sp³-hybridized carbons (Fsp3) is 0.429. The van der Waals surface area contributed by atoms with E-state index in [9.17, 15) is 5.11 Å². The van der Waals surface area contributed by atoms with Gasteiger partial charge in [-0.25, -0.2) is 0 Å². The lowest BCUT2D eigenvalue weighted by atomic mass is 10.1. The molecule has 0 heterocycles. The number of aliphatic hydroxyl groups excluding tert-OH is 1. The highest BCUT2D eigenvalue weighted by atomic mass is 16.3. The van der Waals surface area contributed by atoms with Gasteiger partial charge in [-0.15, -0.1) is 11.8 Å². The highest BCUT2D eigenvalue weighted by Gasteiger charge is 2.03. The molecule has 0 fully saturated rings. The van der Waals surface area contributed by atoms with Crippen LogP contribution in [0.2, 0.25) is 0 Å². The maximum absolute atomic E-state index is 9.77. The number of benzene rings is 1. The Morgan fingerprint density at radius 3 is 2.60 bits per heavy atom. The van der Waals surface area contributed by atoms with Gasteiger partial charge in [-0.2, -0.15) is 0 Å². The molecule has 15 heavy (non-hydrogen) atoms. The van der Waals surface area contributed by atoms with Gasteiger partial charge >= 0.3 is 0 Å². The van der Waals surface area contributed by atoms with Crippen LogP contribution >= 0.6 is 0 Å². The lowest BCUT2D eigenvalue weighted by molar-refractivity contribution is 0.184. The van der Waals surface area contributed by atoms with Crippen molar-refractivity contribution in [3.8, 4) is 11.8 Å². The largest absolute Gasteiger partial charge is 0.387 e. The fourth-order valence-electron chi connectivity index (χ4n) is 1.32. The van der Waals surface area contributed by atoms with Crippen LogP contribution in [-0.2, 0) is 0 Å². The molecule has 1 aromatic carbocycles. The van der Waals surface area contributed by atoms with Crippen molar-refractivity contribution in [3.05, 3.63) is 35.9 Å². The predicted octanol–water partition coefficient (Wildman–Crippen LogP) is 3.30. The molecule has 0 radical (unpaired) electrons. The van der Waals surface area contributed by atoms with Crippen LogP contribution in [-0.4, -0.2) is 5.11 Å². The summed E-state index contributed by atoms with van der Waals surface area (Å²) in [5, 5.41) is 9.77. The van der Waals surface area contributed by atoms with E-state index in [2.05, 4.69) is 18.8 Å². The maximum Gasteiger partial charge on any atom is 0.0899 e. The van der Waals surface area contributed by atoms with Gasteiger partial charge in [-0.1, -0.05) is 43.7 Å². The Morgan fingerprint density at radius 2 is 1.93 bits per heavy atom. The standard InChI is InChI=1S/C14H18O/c1-2-3-4-5-9-12-14(15)13-10-7-6-8-11-13/h6-8,10-11,14-15H,2-4,12H2,1H3. The van der Waals surface area contributed by atoms with Gasteiger partial charge in [0.15, 0.2) is 0 Å². The first-order valence-electron chi connectivity index (χ1n) is 5.53. The average molecular weight is 202 g/mol. The summed E-state index contributed by atoms with van der Waals surface area (Å²) in [6, 6.07) is 9.67. The van der Waals surface area contributed by atoms with Crippen molar-refractivity contribution in [3.63, 3.8) is 0 Å². The normalized spacial score (nSPS) is 11.6. The minimum atomic E-state index is -0.444. The van der Waals surface area contributed by atoms with Crippen LogP contribution in [0.25, 0.3) is 0 Å². The topological polar surface area (TPSA) is 20.2 Å². The number of unbranched alkanes of at least 4 members (excludes halogenated alkanes) is 2. The lowest BCUT2D eigenvalue weighted by Crippen LogP contribution is -1.94. The molecule has 1 rings (SSSR count). The zero-order valence-corrected chi connectivity index (χ0v) is 9.24. The van der Waals surface area contributed by atoms with Crippen molar-refractivity contribution >= 4 is 0 Å². The molecule has 1 atom stereocenters. The zero-order valence-electron chi connectivity index (χ0n) is 9.24. The molecule has 0 spiro atoms. The zero-order chi connectivity index (χ0) is 10.9. The second-order valence-corrected chi connectivity index (χ2v) is 3.59. The monoisotopic (exact) mass is 202 g/mol. The van der Waals surface area contributed by atoms with Gasteiger partial charge in [0.2, 0.25) is 0 Å². The molecule has 1 unspecified atom stereocenters. The van der Waals surface area contributed by atoms with E-state index in [1.807, 2.05) is 30.3 Å². The van der Waals surface area contributed by atoms with Crippen LogP contribution < -0.4 is 0 Å². The SMILES string of the molecule is CCCCC#CCC(O)c1ccccc1. The first-order valence-corrected chi connectivity index (χ1v) is 5.53. The summed E-state index contributed by atoms with van der Waals surface area (Å²) < 4.78 is 0. The van der Waals surface area contributed by atoms with Crippen LogP contribution in [0.3, 0.4) is 0 Å². The molecule has 0 saturated heterocycles. The molecule has 0 amide bonds. The Morgan fingerprint density at radius 1 is 1.20 bits per heavy atom. The number of rotatable bonds is 4. The van der Waals surface area contributed by atoms with Crippen molar-refractivity contribution < 1.29 is 5.11 Å². The van der Waals surface area contributed by atoms with Crippen LogP contribution in [0.5, 0.6) is 0 Å². The van der Waals surface area contributed by atoms with Crippen LogP contribution in [0, 0.1) is 11.8 Å². The minimum absolute atomic E-state index is 0.444. The molecule has 0 aliphatic rings. The van der Waals surface area contributed by atoms with Gasteiger partial charge in [0.05, 0.1) is 6.10 Å². The second-order valence-electron chi connectivity index (χ2n) is 3.59. The maximum atomic E-state index is 9.77. The van der Waals surface area contributed by atoms with Gasteiger partial charge in [-0.3, -0.25) is 0 Å². The van der Waals surface area contributed by atoms with Gasteiger partial charge in [0.1, 0.15) is 0 Å². The average Bonchev–Trinajstić information content (AvgIpc) is 2.30. The summed E-state index contributed by atoms with van der Waals surface area (Å²) in [6.45, 7) is 2.15. The van der Waals surface area contributed by atoms with Crippen molar-refractivity contribution in [2.75, 3.05) is 0 Å². The van der Waals surface area contributed by atoms with E-state index in [4.69, 9.17) is 0 Å². The molecule has 0 aromatic heterocycles. The van der Waals surface area contributed by atoms with Crippen molar-refractivity contribution in [1.82, 2.24) is 0 Å². The molecule has 1 N–H and O–H groups in total. The molecule has 1 aromatic rings. The third kappa shape index (κ3) is 4.67. The predicted molar refractivity (Wildman–Crippen MR) is 63.3 cm³/mol. The Kier molecular flexibility index (Phi) is 5.58. The van der Waals surface area contributed by atoms with Crippen LogP contribution in [0.15, 0.2) is 30.3 Å². The molecule has 0 aliphatic heterocycles. The van der Waals surface area contributed by atoms with Crippen LogP contribution in [0.4, 0.5) is 0 Å². The molecule has 0 saturated carbocycles. The van der Waals surface area contributed by atoms with Crippen LogP contribution in [0.1, 0.15) is 44.3 Å². The fourth-order valence-corrected chi connectivity index (χ4v) is 1.32. The highest BCUT2D eigenvalue weighted by Crippen LogP contribution is 2.14. The minimum Gasteiger partial charge on any atom is -0.387 e. The Bertz CT molecular complexity index is 318. The number of hydrogen-bond acceptors (Lipinski definition) is 1. The summed E-state index contributed by atoms with van der Waals surface area (Å²) in [5.41, 5.74) is 0.947. The Hall–Kier alpha value is -1.26. The summed E-state index contributed by atoms with van der Waals surface area (Å²) >= 11 is 0. The molecular formula is C14H18O. The van der Waals surface area contributed by atoms with E-state index in [0.717, 1.165) is 18.4 Å². The van der Waals surface area contributed by atoms with Gasteiger partial charge < -0.3 is 5.11 Å². The molecule has 80 valence electrons. The van der Waals surface area contributed by atoms with E-state index in [-0.39, 0.29) is 0 Å². The molecule has 0 bridgehead atoms. The lowest BCUT2D eigenvalue weighted by Gasteiger charge is -2.05. The number of aliphatic hydroxyl groups is 1. The quantitative estimate of drug-likeness (QED) is 0.586. The van der Waals surface area contributed by atoms with Gasteiger partial charge in [-0.05, 0) is 12.0 Å². The molecule has 1 heteroatoms. The van der Waals surface area contributed by atoms with E-state index in [0.29, 0.717) is 6.42 Å². The smallest absolute Gasteiger partial charge is 0.0899 e. The van der Waals surface area contributed by atoms with E-state index in [1.165, 1.54) is 6.42 Å². The third-order valence-corrected chi connectivity index (χ3v) is 2.26. The summed E-state index contributed by atoms with van der Waals surface area (Å²) in [5.74, 6) is 6.10. The summed E-state index contributed by atoms with van der Waals surface area (Å²) in [7, 11) is 0. The van der Waals surface area contributed by atoms with Crippen molar-refractivity contribution in [2.45, 2.75) is 38.7 Å². The first-order chi connectivity index (χ1) is 7.34. The van der Waals surface area contributed by atoms with Crippen molar-refractivity contribution in [2.24, 2.45) is 0 Å². The summed E-state index contributed by atoms with van der Waals surface area (Å²) in [6.07, 6.45) is 3.36. The molecule has 1 nitrogen and oxygen atoms in total. The summed E-state index contributed by atoms with van der Waals surface area (Å²) in [4.78, 5) is 0. The van der Waals surface area contributed by atoms with E-state index >= 15 is 0 Å². The third-order valence-electron chi connectivity index (χ3n) is 2.26. The van der Waals surface area contributed by atoms with Crippen molar-refractivity contribution in [1.29, 1.82) is 0 Å². The Balaban J connectivity index is 2.35. The number of hydrogen-bond donors (Lipinski definition) is 1. The Labute approximate surface area is 92.1 Å². The first kappa shape index (κ1) is 11.8. The van der Waals surface area contributed by atoms with E-state index < -0.39 is 6.10 Å². The molecular weight excluding hydrogens is 184 g/mol. The molecule has 0 aliphatic carbocycles.